The first-order valence-electron chi connectivity index (χ1n) is 5.52. The van der Waals surface area contributed by atoms with Crippen LogP contribution in [-0.2, 0) is 0 Å². The number of nitrogens with two attached hydrogens (primary N) is 1. The summed E-state index contributed by atoms with van der Waals surface area (Å²) in [4.78, 5) is 16.2. The Morgan fingerprint density at radius 1 is 1.60 bits per heavy atom. The van der Waals surface area contributed by atoms with E-state index in [0.29, 0.717) is 21.3 Å². The van der Waals surface area contributed by atoms with E-state index < -0.39 is 0 Å². The second kappa shape index (κ2) is 6.02. The zero-order valence-electron chi connectivity index (χ0n) is 10.4. The first kappa shape index (κ1) is 14.5. The van der Waals surface area contributed by atoms with E-state index in [2.05, 4.69) is 31.4 Å². The van der Waals surface area contributed by atoms with Crippen molar-refractivity contribution in [2.75, 3.05) is 5.73 Å². The fourth-order valence-electron chi connectivity index (χ4n) is 1.47. The van der Waals surface area contributed by atoms with E-state index in [9.17, 15) is 9.90 Å². The Morgan fingerprint density at radius 3 is 3.00 bits per heavy atom. The average Bonchev–Trinajstić information content (AvgIpc) is 2.72. The van der Waals surface area contributed by atoms with Gasteiger partial charge in [-0.3, -0.25) is 4.79 Å². The lowest BCUT2D eigenvalue weighted by atomic mass is 10.2. The molecule has 6 nitrogen and oxygen atoms in total. The molecular weight excluding hydrogens is 344 g/mol. The van der Waals surface area contributed by atoms with Crippen LogP contribution in [0.25, 0.3) is 0 Å². The van der Waals surface area contributed by atoms with Crippen LogP contribution in [0.3, 0.4) is 0 Å². The Balaban J connectivity index is 2.08. The quantitative estimate of drug-likeness (QED) is 0.581. The molecule has 8 heteroatoms. The molecule has 1 aromatic carbocycles. The number of phenolic OH excluding ortho intramolecular Hbond substituents is 1. The number of aromatic nitrogens is 1. The van der Waals surface area contributed by atoms with Gasteiger partial charge in [0.1, 0.15) is 10.6 Å². The van der Waals surface area contributed by atoms with Gasteiger partial charge in [0.15, 0.2) is 5.13 Å². The molecule has 0 spiro atoms. The average molecular weight is 355 g/mol. The van der Waals surface area contributed by atoms with Gasteiger partial charge in [0.25, 0.3) is 5.91 Å². The van der Waals surface area contributed by atoms with Crippen molar-refractivity contribution in [3.63, 3.8) is 0 Å². The third-order valence-electron chi connectivity index (χ3n) is 2.38. The standard InChI is InChI=1S/C12H11BrN4O2S/c1-6-10(20-12(14)16-6)11(19)17-15-5-7-4-8(13)2-3-9(7)18/h2-5,18H,1H3,(H2,14,16)(H,17,19)/b15-5+. The van der Waals surface area contributed by atoms with E-state index >= 15 is 0 Å². The van der Waals surface area contributed by atoms with Gasteiger partial charge < -0.3 is 10.8 Å². The number of carbonyl (C=O) groups excluding carboxylic acids is 1. The summed E-state index contributed by atoms with van der Waals surface area (Å²) in [6.07, 6.45) is 1.36. The SMILES string of the molecule is Cc1nc(N)sc1C(=O)N/N=C/c1cc(Br)ccc1O. The Bertz CT molecular complexity index is 684. The minimum atomic E-state index is -0.387. The molecular formula is C12H11BrN4O2S. The van der Waals surface area contributed by atoms with Crippen LogP contribution in [0.15, 0.2) is 27.8 Å². The van der Waals surface area contributed by atoms with Gasteiger partial charge in [-0.05, 0) is 25.1 Å². The van der Waals surface area contributed by atoms with Crippen LogP contribution in [0.5, 0.6) is 5.75 Å². The summed E-state index contributed by atoms with van der Waals surface area (Å²) in [5.74, 6) is -0.313. The molecule has 0 saturated carbocycles. The van der Waals surface area contributed by atoms with Crippen molar-refractivity contribution in [3.05, 3.63) is 38.8 Å². The monoisotopic (exact) mass is 354 g/mol. The maximum Gasteiger partial charge on any atom is 0.283 e. The second-order valence-electron chi connectivity index (χ2n) is 3.87. The van der Waals surface area contributed by atoms with Gasteiger partial charge in [0.05, 0.1) is 11.9 Å². The van der Waals surface area contributed by atoms with Crippen LogP contribution < -0.4 is 11.2 Å². The molecule has 0 aliphatic rings. The first-order chi connectivity index (χ1) is 9.47. The van der Waals surface area contributed by atoms with Gasteiger partial charge in [-0.2, -0.15) is 5.10 Å². The number of nitrogen functional groups attached to an aromatic ring is 1. The van der Waals surface area contributed by atoms with Crippen LogP contribution in [0.2, 0.25) is 0 Å². The molecule has 0 fully saturated rings. The molecule has 104 valence electrons. The van der Waals surface area contributed by atoms with Gasteiger partial charge in [0, 0.05) is 10.0 Å². The molecule has 20 heavy (non-hydrogen) atoms. The molecule has 0 atom stereocenters. The number of benzene rings is 1. The van der Waals surface area contributed by atoms with E-state index in [4.69, 9.17) is 5.73 Å². The molecule has 0 saturated heterocycles. The summed E-state index contributed by atoms with van der Waals surface area (Å²) < 4.78 is 0.800. The number of amides is 1. The van der Waals surface area contributed by atoms with Crippen molar-refractivity contribution in [1.29, 1.82) is 0 Å². The Labute approximate surface area is 127 Å². The highest BCUT2D eigenvalue weighted by Gasteiger charge is 2.13. The molecule has 1 amide bonds. The Kier molecular flexibility index (Phi) is 4.35. The smallest absolute Gasteiger partial charge is 0.283 e. The number of hydrogen-bond donors (Lipinski definition) is 3. The summed E-state index contributed by atoms with van der Waals surface area (Å²) in [7, 11) is 0. The van der Waals surface area contributed by atoms with Crippen LogP contribution in [0.1, 0.15) is 20.9 Å². The highest BCUT2D eigenvalue weighted by Crippen LogP contribution is 2.20. The molecule has 0 aliphatic heterocycles. The van der Waals surface area contributed by atoms with Crippen molar-refractivity contribution >= 4 is 44.5 Å². The number of carbonyl (C=O) groups is 1. The largest absolute Gasteiger partial charge is 0.507 e. The highest BCUT2D eigenvalue weighted by atomic mass is 79.9. The number of aryl methyl sites for hydroxylation is 1. The molecule has 1 aromatic heterocycles. The molecule has 0 bridgehead atoms. The number of hydrogen-bond acceptors (Lipinski definition) is 6. The zero-order chi connectivity index (χ0) is 14.7. The molecule has 2 rings (SSSR count). The summed E-state index contributed by atoms with van der Waals surface area (Å²) >= 11 is 4.38. The summed E-state index contributed by atoms with van der Waals surface area (Å²) in [6.45, 7) is 1.70. The highest BCUT2D eigenvalue weighted by molar-refractivity contribution is 9.10. The fraction of sp³-hybridized carbons (Fsp3) is 0.0833. The van der Waals surface area contributed by atoms with Crippen LogP contribution in [0, 0.1) is 6.92 Å². The van der Waals surface area contributed by atoms with Crippen molar-refractivity contribution in [2.24, 2.45) is 5.10 Å². The number of hydrazone groups is 1. The topological polar surface area (TPSA) is 101 Å². The van der Waals surface area contributed by atoms with Crippen LogP contribution in [0.4, 0.5) is 5.13 Å². The summed E-state index contributed by atoms with van der Waals surface area (Å²) in [6, 6.07) is 4.91. The van der Waals surface area contributed by atoms with E-state index in [1.807, 2.05) is 0 Å². The van der Waals surface area contributed by atoms with Crippen LogP contribution in [-0.4, -0.2) is 22.2 Å². The predicted molar refractivity (Wildman–Crippen MR) is 82.1 cm³/mol. The van der Waals surface area contributed by atoms with E-state index in [0.717, 1.165) is 15.8 Å². The number of rotatable bonds is 3. The first-order valence-corrected chi connectivity index (χ1v) is 7.13. The van der Waals surface area contributed by atoms with E-state index in [1.165, 1.54) is 12.3 Å². The Hall–Kier alpha value is -1.93. The van der Waals surface area contributed by atoms with Crippen molar-refractivity contribution in [3.8, 4) is 5.75 Å². The fourth-order valence-corrected chi connectivity index (χ4v) is 2.57. The molecule has 0 radical (unpaired) electrons. The molecule has 0 unspecified atom stereocenters. The maximum absolute atomic E-state index is 11.8. The van der Waals surface area contributed by atoms with Crippen molar-refractivity contribution in [1.82, 2.24) is 10.4 Å². The van der Waals surface area contributed by atoms with Crippen molar-refractivity contribution < 1.29 is 9.90 Å². The number of anilines is 1. The van der Waals surface area contributed by atoms with E-state index in [-0.39, 0.29) is 11.7 Å². The van der Waals surface area contributed by atoms with Gasteiger partial charge in [-0.25, -0.2) is 10.4 Å². The van der Waals surface area contributed by atoms with Gasteiger partial charge in [0.2, 0.25) is 0 Å². The van der Waals surface area contributed by atoms with Gasteiger partial charge in [-0.15, -0.1) is 0 Å². The minimum absolute atomic E-state index is 0.0735. The number of aromatic hydroxyl groups is 1. The predicted octanol–water partition coefficient (Wildman–Crippen LogP) is 2.27. The van der Waals surface area contributed by atoms with E-state index in [1.54, 1.807) is 19.1 Å². The lowest BCUT2D eigenvalue weighted by Crippen LogP contribution is -2.17. The normalized spacial score (nSPS) is 10.9. The molecule has 2 aromatic rings. The molecule has 4 N–H and O–H groups in total. The second-order valence-corrected chi connectivity index (χ2v) is 5.82. The summed E-state index contributed by atoms with van der Waals surface area (Å²) in [5, 5.41) is 13.8. The molecule has 1 heterocycles. The minimum Gasteiger partial charge on any atom is -0.507 e. The number of phenols is 1. The lowest BCUT2D eigenvalue weighted by Gasteiger charge is -2.00. The van der Waals surface area contributed by atoms with Crippen LogP contribution >= 0.6 is 27.3 Å². The number of halogens is 1. The zero-order valence-corrected chi connectivity index (χ0v) is 12.8. The van der Waals surface area contributed by atoms with Crippen molar-refractivity contribution in [2.45, 2.75) is 6.92 Å². The Morgan fingerprint density at radius 2 is 2.35 bits per heavy atom. The number of nitrogens with one attached hydrogen (secondary N) is 1. The van der Waals surface area contributed by atoms with Gasteiger partial charge in [-0.1, -0.05) is 27.3 Å². The number of thiazole rings is 1. The van der Waals surface area contributed by atoms with Gasteiger partial charge >= 0.3 is 0 Å². The number of nitrogens with zero attached hydrogens (tertiary/aromatic N) is 2. The third kappa shape index (κ3) is 3.34. The third-order valence-corrected chi connectivity index (χ3v) is 3.86. The molecule has 0 aliphatic carbocycles. The maximum atomic E-state index is 11.8. The lowest BCUT2D eigenvalue weighted by molar-refractivity contribution is 0.0958. The summed E-state index contributed by atoms with van der Waals surface area (Å²) in [5.41, 5.74) is 8.94.